The van der Waals surface area contributed by atoms with Gasteiger partial charge in [0, 0.05) is 0 Å². The number of aromatic amines is 1. The first-order valence-electron chi connectivity index (χ1n) is 8.13. The number of nitrogens with two attached hydrogens (primary N) is 1. The number of aldehydes is 1. The molecule has 0 aliphatic rings. The molecule has 1 amide bonds. The first-order valence-corrected chi connectivity index (χ1v) is 9.61. The minimum atomic E-state index is -4.59. The summed E-state index contributed by atoms with van der Waals surface area (Å²) in [5, 5.41) is 10.4. The van der Waals surface area contributed by atoms with Crippen molar-refractivity contribution >= 4 is 33.1 Å². The monoisotopic (exact) mass is 397 g/mol. The molecule has 10 nitrogen and oxygen atoms in total. The number of primary amides is 1. The van der Waals surface area contributed by atoms with Crippen LogP contribution in [0.15, 0.2) is 34.2 Å². The second-order valence-corrected chi connectivity index (χ2v) is 8.39. The van der Waals surface area contributed by atoms with Gasteiger partial charge in [-0.1, -0.05) is 24.4 Å². The van der Waals surface area contributed by atoms with Crippen molar-refractivity contribution in [2.75, 3.05) is 0 Å². The normalized spacial score (nSPS) is 15.4. The number of nitrogens with zero attached hydrogens (tertiary/aromatic N) is 1. The Kier molecular flexibility index (Phi) is 6.08. The number of aromatic nitrogens is 2. The van der Waals surface area contributed by atoms with Gasteiger partial charge in [0.2, 0.25) is 5.91 Å². The summed E-state index contributed by atoms with van der Waals surface area (Å²) < 4.78 is 24.6. The van der Waals surface area contributed by atoms with Gasteiger partial charge in [-0.2, -0.15) is 8.42 Å². The fourth-order valence-electron chi connectivity index (χ4n) is 2.85. The third kappa shape index (κ3) is 4.04. The number of para-hydroxylation sites is 1. The molecule has 0 radical (unpaired) electrons. The van der Waals surface area contributed by atoms with Gasteiger partial charge in [0.25, 0.3) is 5.56 Å². The van der Waals surface area contributed by atoms with E-state index in [1.807, 2.05) is 0 Å². The lowest BCUT2D eigenvalue weighted by Gasteiger charge is -2.24. The molecule has 0 bridgehead atoms. The zero-order valence-corrected chi connectivity index (χ0v) is 15.6. The lowest BCUT2D eigenvalue weighted by atomic mass is 9.91. The van der Waals surface area contributed by atoms with E-state index in [0.717, 1.165) is 12.4 Å². The van der Waals surface area contributed by atoms with Crippen molar-refractivity contribution in [1.82, 2.24) is 9.97 Å². The van der Waals surface area contributed by atoms with Gasteiger partial charge in [-0.25, -0.2) is 10.2 Å². The highest BCUT2D eigenvalue weighted by atomic mass is 32.2. The van der Waals surface area contributed by atoms with Crippen LogP contribution in [0, 0.1) is 11.8 Å². The molecule has 0 saturated heterocycles. The van der Waals surface area contributed by atoms with E-state index in [1.165, 1.54) is 12.1 Å². The molecular weight excluding hydrogens is 376 g/mol. The van der Waals surface area contributed by atoms with Crippen molar-refractivity contribution < 1.29 is 27.7 Å². The van der Waals surface area contributed by atoms with E-state index in [-0.39, 0.29) is 29.5 Å². The molecular formula is C16H21N4O6S+. The number of sulfonamides is 1. The van der Waals surface area contributed by atoms with Crippen molar-refractivity contribution in [3.63, 3.8) is 0 Å². The Morgan fingerprint density at radius 2 is 2.07 bits per heavy atom. The van der Waals surface area contributed by atoms with Crippen LogP contribution in [0.5, 0.6) is 0 Å². The number of fused-ring (bicyclic) bond motifs is 1. The molecule has 11 heteroatoms. The molecule has 0 fully saturated rings. The summed E-state index contributed by atoms with van der Waals surface area (Å²) in [5.74, 6) is -2.16. The van der Waals surface area contributed by atoms with Crippen molar-refractivity contribution in [3.8, 4) is 0 Å². The predicted octanol–water partition coefficient (Wildman–Crippen LogP) is -1.40. The molecule has 1 unspecified atom stereocenters. The Morgan fingerprint density at radius 3 is 2.63 bits per heavy atom. The van der Waals surface area contributed by atoms with Crippen LogP contribution in [0.25, 0.3) is 10.9 Å². The summed E-state index contributed by atoms with van der Waals surface area (Å²) in [5.41, 5.74) is 4.60. The van der Waals surface area contributed by atoms with E-state index in [4.69, 9.17) is 5.73 Å². The lowest BCUT2D eigenvalue weighted by Crippen LogP contribution is -3.16. The molecule has 1 heterocycles. The molecule has 27 heavy (non-hydrogen) atoms. The van der Waals surface area contributed by atoms with Gasteiger partial charge in [-0.15, -0.1) is 0 Å². The Hall–Kier alpha value is -2.63. The minimum absolute atomic E-state index is 0.00246. The van der Waals surface area contributed by atoms with E-state index in [0.29, 0.717) is 0 Å². The van der Waals surface area contributed by atoms with Crippen molar-refractivity contribution in [2.45, 2.75) is 31.2 Å². The molecule has 146 valence electrons. The van der Waals surface area contributed by atoms with E-state index in [1.54, 1.807) is 13.8 Å². The van der Waals surface area contributed by atoms with Crippen LogP contribution in [-0.4, -0.2) is 41.8 Å². The fraction of sp³-hybridized carbons (Fsp3) is 0.375. The summed E-state index contributed by atoms with van der Waals surface area (Å²) >= 11 is 0. The zero-order valence-electron chi connectivity index (χ0n) is 14.7. The van der Waals surface area contributed by atoms with Gasteiger partial charge in [-0.3, -0.25) is 14.4 Å². The van der Waals surface area contributed by atoms with Crippen molar-refractivity contribution in [2.24, 2.45) is 17.6 Å². The average molecular weight is 397 g/mol. The smallest absolute Gasteiger partial charge is 0.358 e. The number of carbonyl (C=O) groups is 2. The Morgan fingerprint density at radius 1 is 1.41 bits per heavy atom. The Bertz CT molecular complexity index is 1020. The first kappa shape index (κ1) is 20.7. The highest BCUT2D eigenvalue weighted by molar-refractivity contribution is 7.85. The van der Waals surface area contributed by atoms with Crippen molar-refractivity contribution in [1.29, 1.82) is 0 Å². The number of amides is 1. The van der Waals surface area contributed by atoms with Gasteiger partial charge in [0.05, 0.1) is 11.7 Å². The third-order valence-electron chi connectivity index (χ3n) is 4.15. The molecule has 0 saturated carbocycles. The van der Waals surface area contributed by atoms with Crippen LogP contribution >= 0.6 is 0 Å². The van der Waals surface area contributed by atoms with Crippen LogP contribution < -0.4 is 15.8 Å². The van der Waals surface area contributed by atoms with Gasteiger partial charge in [0.15, 0.2) is 17.2 Å². The van der Waals surface area contributed by atoms with Crippen LogP contribution in [0.2, 0.25) is 0 Å². The maximum absolute atomic E-state index is 12.9. The van der Waals surface area contributed by atoms with Crippen LogP contribution in [0.1, 0.15) is 20.3 Å². The molecule has 2 aromatic rings. The summed E-state index contributed by atoms with van der Waals surface area (Å²) in [6.45, 7) is 3.54. The first-order chi connectivity index (χ1) is 12.6. The number of nitrogens with one attached hydrogen (secondary N) is 2. The minimum Gasteiger partial charge on any atom is -0.369 e. The highest BCUT2D eigenvalue weighted by Crippen LogP contribution is 2.18. The quantitative estimate of drug-likeness (QED) is 0.314. The summed E-state index contributed by atoms with van der Waals surface area (Å²) in [6, 6.07) is 2.21. The number of hydrogen-bond acceptors (Lipinski definition) is 7. The van der Waals surface area contributed by atoms with E-state index < -0.39 is 42.8 Å². The van der Waals surface area contributed by atoms with Gasteiger partial charge < -0.3 is 10.7 Å². The molecule has 0 spiro atoms. The van der Waals surface area contributed by atoms with Gasteiger partial charge >= 0.3 is 10.0 Å². The van der Waals surface area contributed by atoms with E-state index in [2.05, 4.69) is 9.97 Å². The molecule has 0 aliphatic carbocycles. The molecule has 1 aromatic carbocycles. The maximum Gasteiger partial charge on any atom is 0.358 e. The molecule has 2 rings (SSSR count). The molecule has 1 aromatic heterocycles. The largest absolute Gasteiger partial charge is 0.369 e. The Labute approximate surface area is 155 Å². The van der Waals surface area contributed by atoms with Crippen LogP contribution in [0.3, 0.4) is 0 Å². The number of hydroxylamine groups is 1. The maximum atomic E-state index is 12.9. The van der Waals surface area contributed by atoms with Crippen LogP contribution in [0.4, 0.5) is 0 Å². The number of rotatable bonds is 8. The molecule has 3 atom stereocenters. The van der Waals surface area contributed by atoms with Crippen LogP contribution in [-0.2, 0) is 19.6 Å². The topological polar surface area (TPSA) is 165 Å². The second kappa shape index (κ2) is 7.94. The lowest BCUT2D eigenvalue weighted by molar-refractivity contribution is -0.995. The summed E-state index contributed by atoms with van der Waals surface area (Å²) in [6.07, 6.45) is 1.34. The van der Waals surface area contributed by atoms with E-state index >= 15 is 0 Å². The van der Waals surface area contributed by atoms with Gasteiger partial charge in [-0.05, 0) is 24.5 Å². The number of quaternary nitrogens is 1. The van der Waals surface area contributed by atoms with Gasteiger partial charge in [0.1, 0.15) is 11.4 Å². The SMILES string of the molecule is CC(C)C[C@@H](C(N)=O)[C@@H](C=O)[NH+](O)S(=O)(=O)c1cccc2c(=O)[nH]cnc12. The third-order valence-corrected chi connectivity index (χ3v) is 5.89. The average Bonchev–Trinajstić information content (AvgIpc) is 2.60. The Balaban J connectivity index is 2.58. The van der Waals surface area contributed by atoms with E-state index in [9.17, 15) is 28.0 Å². The number of H-pyrrole nitrogens is 1. The van der Waals surface area contributed by atoms with Crippen molar-refractivity contribution in [3.05, 3.63) is 34.9 Å². The summed E-state index contributed by atoms with van der Waals surface area (Å²) in [7, 11) is -4.59. The number of carbonyl (C=O) groups excluding carboxylic acids is 2. The fourth-order valence-corrected chi connectivity index (χ4v) is 4.33. The number of benzene rings is 1. The summed E-state index contributed by atoms with van der Waals surface area (Å²) in [4.78, 5) is 40.9. The molecule has 0 aliphatic heterocycles. The zero-order chi connectivity index (χ0) is 20.4. The standard InChI is InChI=1S/C16H20N4O6S/c1-9(2)6-11(15(17)22)12(7-21)20(24)27(25,26)13-5-3-4-10-14(13)18-8-19-16(10)23/h3-5,7-9,11-12,24H,6H2,1-2H3,(H2,17,22)(H,18,19,23)/p+1/t11-,12-/m1/s1. The molecule has 5 N–H and O–H groups in total. The highest BCUT2D eigenvalue weighted by Gasteiger charge is 2.43. The number of hydrogen-bond donors (Lipinski definition) is 4. The predicted molar refractivity (Wildman–Crippen MR) is 94.3 cm³/mol. The second-order valence-electron chi connectivity index (χ2n) is 6.53.